The van der Waals surface area contributed by atoms with E-state index in [0.717, 1.165) is 58.0 Å². The summed E-state index contributed by atoms with van der Waals surface area (Å²) in [5.41, 5.74) is 7.19. The van der Waals surface area contributed by atoms with Gasteiger partial charge in [0.1, 0.15) is 36.5 Å². The van der Waals surface area contributed by atoms with Crippen LogP contribution in [0.1, 0.15) is 92.3 Å². The second kappa shape index (κ2) is 26.6. The molecular weight excluding hydrogens is 947 g/mol. The van der Waals surface area contributed by atoms with Gasteiger partial charge < -0.3 is 44.9 Å². The number of hydrogen-bond acceptors (Lipinski definition) is 14. The van der Waals surface area contributed by atoms with Crippen molar-refractivity contribution in [1.82, 2.24) is 50.6 Å². The molecule has 19 heteroatoms. The number of aromatic nitrogens is 6. The molecule has 386 valence electrons. The highest BCUT2D eigenvalue weighted by Crippen LogP contribution is 2.28. The van der Waals surface area contributed by atoms with Crippen molar-refractivity contribution in [2.24, 2.45) is 12.5 Å². The minimum Gasteiger partial charge on any atom is -0.494 e. The molecule has 1 aliphatic heterocycles. The normalized spacial score (nSPS) is 13.9. The van der Waals surface area contributed by atoms with Crippen LogP contribution in [0.5, 0.6) is 5.75 Å². The number of anilines is 1. The van der Waals surface area contributed by atoms with Gasteiger partial charge in [-0.3, -0.25) is 19.2 Å². The zero-order valence-corrected chi connectivity index (χ0v) is 43.2. The molecule has 18 nitrogen and oxygen atoms in total. The van der Waals surface area contributed by atoms with Crippen molar-refractivity contribution in [3.63, 3.8) is 0 Å². The SMILES string of the molecule is Cc1ncsc1-c1ccc(CNC(=O)[C@@H]2CCCN2C(=O)[C@@H](NC(=O)COCCCOCCCCCOc2cccc(CNC(=O)c3cccc(NCc4nnc(-c5ccncn5)n4C)c3)c2)C(C)(C)C)cc1. The largest absolute Gasteiger partial charge is 0.494 e. The molecule has 4 heterocycles. The Bertz CT molecular complexity index is 2740. The minimum absolute atomic E-state index is 0.184. The first-order valence-corrected chi connectivity index (χ1v) is 25.7. The van der Waals surface area contributed by atoms with Crippen LogP contribution in [0.3, 0.4) is 0 Å². The van der Waals surface area contributed by atoms with E-state index in [4.69, 9.17) is 14.2 Å². The first-order valence-electron chi connectivity index (χ1n) is 24.8. The summed E-state index contributed by atoms with van der Waals surface area (Å²) in [4.78, 5) is 68.7. The lowest BCUT2D eigenvalue weighted by atomic mass is 9.85. The molecule has 1 saturated heterocycles. The number of hydrogen-bond donors (Lipinski definition) is 4. The average molecular weight is 1010 g/mol. The second-order valence-electron chi connectivity index (χ2n) is 19.0. The van der Waals surface area contributed by atoms with Crippen LogP contribution < -0.4 is 26.0 Å². The van der Waals surface area contributed by atoms with Crippen molar-refractivity contribution in [2.75, 3.05) is 44.9 Å². The predicted molar refractivity (Wildman–Crippen MR) is 279 cm³/mol. The number of nitrogens with one attached hydrogen (secondary N) is 4. The van der Waals surface area contributed by atoms with Gasteiger partial charge in [-0.25, -0.2) is 15.0 Å². The number of carbonyl (C=O) groups excluding carboxylic acids is 4. The van der Waals surface area contributed by atoms with Crippen LogP contribution in [-0.4, -0.2) is 110 Å². The summed E-state index contributed by atoms with van der Waals surface area (Å²) in [5.74, 6) is 1.05. The smallest absolute Gasteiger partial charge is 0.251 e. The Balaban J connectivity index is 0.720. The van der Waals surface area contributed by atoms with Gasteiger partial charge in [-0.1, -0.05) is 63.2 Å². The Kier molecular flexibility index (Phi) is 19.5. The molecule has 7 rings (SSSR count). The summed E-state index contributed by atoms with van der Waals surface area (Å²) in [6, 6.07) is 23.4. The topological polar surface area (TPSA) is 217 Å². The van der Waals surface area contributed by atoms with E-state index in [1.165, 1.54) is 6.33 Å². The summed E-state index contributed by atoms with van der Waals surface area (Å²) < 4.78 is 19.3. The fourth-order valence-electron chi connectivity index (χ4n) is 8.33. The van der Waals surface area contributed by atoms with E-state index in [-0.39, 0.29) is 30.2 Å². The van der Waals surface area contributed by atoms with Gasteiger partial charge in [0.05, 0.1) is 29.2 Å². The summed E-state index contributed by atoms with van der Waals surface area (Å²) >= 11 is 1.60. The molecule has 6 aromatic rings. The van der Waals surface area contributed by atoms with Gasteiger partial charge in [0, 0.05) is 64.0 Å². The third-order valence-electron chi connectivity index (χ3n) is 12.4. The maximum Gasteiger partial charge on any atom is 0.251 e. The Morgan fingerprint density at radius 3 is 2.38 bits per heavy atom. The number of likely N-dealkylation sites (tertiary alicyclic amines) is 1. The quantitative estimate of drug-likeness (QED) is 0.0401. The Hall–Kier alpha value is -7.09. The van der Waals surface area contributed by atoms with Crippen molar-refractivity contribution >= 4 is 40.7 Å². The minimum atomic E-state index is -0.826. The predicted octanol–water partition coefficient (Wildman–Crippen LogP) is 7.06. The van der Waals surface area contributed by atoms with Crippen LogP contribution in [0.25, 0.3) is 22.0 Å². The van der Waals surface area contributed by atoms with Crippen molar-refractivity contribution < 1.29 is 33.4 Å². The van der Waals surface area contributed by atoms with E-state index in [1.54, 1.807) is 40.6 Å². The van der Waals surface area contributed by atoms with Crippen LogP contribution in [0.2, 0.25) is 0 Å². The highest BCUT2D eigenvalue weighted by atomic mass is 32.1. The third kappa shape index (κ3) is 15.7. The number of thiazole rings is 1. The van der Waals surface area contributed by atoms with Gasteiger partial charge in [-0.15, -0.1) is 21.5 Å². The van der Waals surface area contributed by atoms with Crippen molar-refractivity contribution in [2.45, 2.75) is 97.9 Å². The summed E-state index contributed by atoms with van der Waals surface area (Å²) in [5, 5.41) is 20.8. The number of nitrogens with zero attached hydrogens (tertiary/aromatic N) is 7. The van der Waals surface area contributed by atoms with Crippen LogP contribution in [0, 0.1) is 12.3 Å². The fraction of sp³-hybridized carbons (Fsp3) is 0.426. The van der Waals surface area contributed by atoms with E-state index in [9.17, 15) is 19.2 Å². The van der Waals surface area contributed by atoms with Crippen LogP contribution in [-0.2, 0) is 50.5 Å². The number of benzene rings is 3. The van der Waals surface area contributed by atoms with Crippen molar-refractivity contribution in [1.29, 1.82) is 0 Å². The molecule has 0 bridgehead atoms. The maximum absolute atomic E-state index is 13.9. The Morgan fingerprint density at radius 2 is 1.60 bits per heavy atom. The number of aryl methyl sites for hydroxylation is 1. The molecule has 73 heavy (non-hydrogen) atoms. The number of rotatable bonds is 26. The standard InChI is InChI=1S/C54H67N11O7S/c1-37-48(73-36-60-37)40-20-18-38(19-21-40)31-58-52(68)45-17-11-24-65(45)53(69)49(54(2,3)4)61-47(66)34-71-27-12-26-70-25-7-6-8-28-72-43-16-9-13-39(29-43)32-57-51(67)41-14-10-15-42(30-41)56-33-46-62-63-50(64(46)5)44-22-23-55-35-59-44/h9-10,13-16,18-23,29-30,35-36,45,49,56H,6-8,11-12,17,24-28,31-34H2,1-5H3,(H,57,67)(H,58,68)(H,61,66)/t45-,49+/m0/s1. The number of carbonyl (C=O) groups is 4. The van der Waals surface area contributed by atoms with E-state index in [1.807, 2.05) is 105 Å². The molecule has 1 fully saturated rings. The first-order chi connectivity index (χ1) is 35.3. The lowest BCUT2D eigenvalue weighted by molar-refractivity contribution is -0.144. The zero-order valence-electron chi connectivity index (χ0n) is 42.4. The van der Waals surface area contributed by atoms with Gasteiger partial charge >= 0.3 is 0 Å². The van der Waals surface area contributed by atoms with Gasteiger partial charge in [0.15, 0.2) is 11.6 Å². The van der Waals surface area contributed by atoms with Crippen LogP contribution >= 0.6 is 11.3 Å². The van der Waals surface area contributed by atoms with E-state index >= 15 is 0 Å². The molecule has 0 spiro atoms. The van der Waals surface area contributed by atoms with Gasteiger partial charge in [-0.2, -0.15) is 0 Å². The summed E-state index contributed by atoms with van der Waals surface area (Å²) in [6.07, 6.45) is 7.70. The monoisotopic (exact) mass is 1010 g/mol. The first kappa shape index (κ1) is 53.7. The molecule has 3 aromatic carbocycles. The Labute approximate surface area is 431 Å². The van der Waals surface area contributed by atoms with E-state index in [2.05, 4.69) is 46.4 Å². The van der Waals surface area contributed by atoms with Crippen molar-refractivity contribution in [3.05, 3.63) is 125 Å². The van der Waals surface area contributed by atoms with Crippen LogP contribution in [0.15, 0.2) is 96.9 Å². The number of unbranched alkanes of at least 4 members (excludes halogenated alkanes) is 2. The lowest BCUT2D eigenvalue weighted by Crippen LogP contribution is -2.58. The molecule has 2 atom stereocenters. The molecule has 4 N–H and O–H groups in total. The maximum atomic E-state index is 13.9. The number of amides is 4. The van der Waals surface area contributed by atoms with E-state index in [0.29, 0.717) is 94.8 Å². The molecular formula is C54H67N11O7S. The highest BCUT2D eigenvalue weighted by Gasteiger charge is 2.41. The van der Waals surface area contributed by atoms with Gasteiger partial charge in [-0.05, 0) is 104 Å². The second-order valence-corrected chi connectivity index (χ2v) is 19.9. The fourth-order valence-corrected chi connectivity index (χ4v) is 9.14. The summed E-state index contributed by atoms with van der Waals surface area (Å²) in [7, 11) is 1.88. The molecule has 1 aliphatic rings. The summed E-state index contributed by atoms with van der Waals surface area (Å²) in [6.45, 7) is 11.1. The van der Waals surface area contributed by atoms with Crippen molar-refractivity contribution in [3.8, 4) is 27.7 Å². The highest BCUT2D eigenvalue weighted by molar-refractivity contribution is 7.13. The Morgan fingerprint density at radius 1 is 0.822 bits per heavy atom. The molecule has 0 aliphatic carbocycles. The molecule has 3 aromatic heterocycles. The molecule has 0 unspecified atom stereocenters. The number of ether oxygens (including phenoxy) is 3. The molecule has 4 amide bonds. The van der Waals surface area contributed by atoms with Gasteiger partial charge in [0.2, 0.25) is 17.7 Å². The molecule has 0 radical (unpaired) electrons. The average Bonchev–Trinajstić information content (AvgIpc) is 4.16. The van der Waals surface area contributed by atoms with Gasteiger partial charge in [0.25, 0.3) is 5.91 Å². The van der Waals surface area contributed by atoms with E-state index < -0.39 is 17.5 Å². The lowest BCUT2D eigenvalue weighted by Gasteiger charge is -2.35. The van der Waals surface area contributed by atoms with Crippen LogP contribution in [0.4, 0.5) is 5.69 Å². The molecule has 0 saturated carbocycles. The third-order valence-corrected chi connectivity index (χ3v) is 13.4. The zero-order chi connectivity index (χ0) is 51.6.